The Balaban J connectivity index is 2.22. The molecular formula is C17H27NO2. The molecular weight excluding hydrogens is 250 g/mol. The third kappa shape index (κ3) is 3.53. The van der Waals surface area contributed by atoms with Crippen molar-refractivity contribution in [2.45, 2.75) is 51.7 Å². The van der Waals surface area contributed by atoms with E-state index in [2.05, 4.69) is 37.4 Å². The highest BCUT2D eigenvalue weighted by Crippen LogP contribution is 2.34. The summed E-state index contributed by atoms with van der Waals surface area (Å²) >= 11 is 0. The first-order valence-corrected chi connectivity index (χ1v) is 7.82. The predicted molar refractivity (Wildman–Crippen MR) is 82.4 cm³/mol. The molecule has 0 spiro atoms. The van der Waals surface area contributed by atoms with Crippen LogP contribution < -0.4 is 10.1 Å². The highest BCUT2D eigenvalue weighted by Gasteiger charge is 2.30. The number of hydrogen-bond acceptors (Lipinski definition) is 3. The first-order valence-electron chi connectivity index (χ1n) is 7.82. The van der Waals surface area contributed by atoms with Gasteiger partial charge in [-0.1, -0.05) is 19.9 Å². The molecule has 0 aromatic heterocycles. The topological polar surface area (TPSA) is 30.5 Å². The molecule has 112 valence electrons. The van der Waals surface area contributed by atoms with Crippen molar-refractivity contribution in [3.8, 4) is 5.75 Å². The minimum Gasteiger partial charge on any atom is -0.497 e. The zero-order valence-electron chi connectivity index (χ0n) is 12.9. The summed E-state index contributed by atoms with van der Waals surface area (Å²) < 4.78 is 11.4. The van der Waals surface area contributed by atoms with Crippen LogP contribution >= 0.6 is 0 Å². The number of methoxy groups -OCH3 is 1. The van der Waals surface area contributed by atoms with Gasteiger partial charge in [0.25, 0.3) is 0 Å². The van der Waals surface area contributed by atoms with E-state index in [4.69, 9.17) is 9.47 Å². The summed E-state index contributed by atoms with van der Waals surface area (Å²) in [6, 6.07) is 6.72. The largest absolute Gasteiger partial charge is 0.497 e. The Kier molecular flexibility index (Phi) is 5.86. The van der Waals surface area contributed by atoms with Gasteiger partial charge < -0.3 is 14.8 Å². The zero-order chi connectivity index (χ0) is 14.4. The van der Waals surface area contributed by atoms with Gasteiger partial charge in [0.2, 0.25) is 0 Å². The number of rotatable bonds is 7. The first kappa shape index (κ1) is 15.3. The highest BCUT2D eigenvalue weighted by molar-refractivity contribution is 5.40. The third-order valence-electron chi connectivity index (χ3n) is 3.91. The van der Waals surface area contributed by atoms with Crippen molar-refractivity contribution in [1.82, 2.24) is 5.32 Å². The standard InChI is InChI=1S/C17H27NO2/c1-4-10-18-17-15-12-14(19-3)8-6-13(15)7-9-16(17)20-11-5-2/h6,8,12,16-18H,4-5,7,9-11H2,1-3H3. The molecule has 2 unspecified atom stereocenters. The number of nitrogens with one attached hydrogen (secondary N) is 1. The van der Waals surface area contributed by atoms with Gasteiger partial charge in [-0.05, 0) is 55.5 Å². The molecule has 0 bridgehead atoms. The molecule has 20 heavy (non-hydrogen) atoms. The molecule has 1 N–H and O–H groups in total. The van der Waals surface area contributed by atoms with Gasteiger partial charge in [-0.25, -0.2) is 0 Å². The lowest BCUT2D eigenvalue weighted by Gasteiger charge is -2.34. The van der Waals surface area contributed by atoms with Crippen molar-refractivity contribution in [1.29, 1.82) is 0 Å². The second kappa shape index (κ2) is 7.65. The van der Waals surface area contributed by atoms with E-state index in [-0.39, 0.29) is 6.10 Å². The molecule has 0 heterocycles. The maximum absolute atomic E-state index is 6.07. The van der Waals surface area contributed by atoms with Crippen molar-refractivity contribution >= 4 is 0 Å². The third-order valence-corrected chi connectivity index (χ3v) is 3.91. The Labute approximate surface area is 122 Å². The molecule has 1 aromatic carbocycles. The van der Waals surface area contributed by atoms with Gasteiger partial charge in [0.05, 0.1) is 19.3 Å². The van der Waals surface area contributed by atoms with E-state index in [0.717, 1.165) is 44.6 Å². The minimum absolute atomic E-state index is 0.279. The van der Waals surface area contributed by atoms with E-state index in [0.29, 0.717) is 6.04 Å². The summed E-state index contributed by atoms with van der Waals surface area (Å²) in [5, 5.41) is 3.66. The van der Waals surface area contributed by atoms with Crippen LogP contribution in [0, 0.1) is 0 Å². The molecule has 0 radical (unpaired) electrons. The zero-order valence-corrected chi connectivity index (χ0v) is 12.9. The Hall–Kier alpha value is -1.06. The molecule has 2 rings (SSSR count). The van der Waals surface area contributed by atoms with Crippen LogP contribution in [0.15, 0.2) is 18.2 Å². The number of ether oxygens (including phenoxy) is 2. The predicted octanol–water partition coefficient (Wildman–Crippen LogP) is 3.48. The normalized spacial score (nSPS) is 21.6. The molecule has 0 amide bonds. The maximum Gasteiger partial charge on any atom is 0.119 e. The number of aryl methyl sites for hydroxylation is 1. The second-order valence-corrected chi connectivity index (χ2v) is 5.44. The van der Waals surface area contributed by atoms with E-state index < -0.39 is 0 Å². The summed E-state index contributed by atoms with van der Waals surface area (Å²) in [6.07, 6.45) is 4.68. The molecule has 0 saturated heterocycles. The summed E-state index contributed by atoms with van der Waals surface area (Å²) in [4.78, 5) is 0. The van der Waals surface area contributed by atoms with E-state index in [9.17, 15) is 0 Å². The van der Waals surface area contributed by atoms with Crippen molar-refractivity contribution in [2.75, 3.05) is 20.3 Å². The summed E-state index contributed by atoms with van der Waals surface area (Å²) in [6.45, 7) is 6.22. The smallest absolute Gasteiger partial charge is 0.119 e. The van der Waals surface area contributed by atoms with Crippen LogP contribution in [-0.4, -0.2) is 26.4 Å². The monoisotopic (exact) mass is 277 g/mol. The van der Waals surface area contributed by atoms with Gasteiger partial charge in [-0.2, -0.15) is 0 Å². The van der Waals surface area contributed by atoms with Crippen LogP contribution in [0.3, 0.4) is 0 Å². The van der Waals surface area contributed by atoms with Gasteiger partial charge in [-0.3, -0.25) is 0 Å². The molecule has 3 nitrogen and oxygen atoms in total. The quantitative estimate of drug-likeness (QED) is 0.827. The average Bonchev–Trinajstić information content (AvgIpc) is 2.50. The minimum atomic E-state index is 0.279. The Morgan fingerprint density at radius 3 is 2.80 bits per heavy atom. The highest BCUT2D eigenvalue weighted by atomic mass is 16.5. The fourth-order valence-electron chi connectivity index (χ4n) is 2.87. The Bertz CT molecular complexity index is 419. The lowest BCUT2D eigenvalue weighted by Crippen LogP contribution is -2.38. The second-order valence-electron chi connectivity index (χ2n) is 5.44. The van der Waals surface area contributed by atoms with Gasteiger partial charge in [-0.15, -0.1) is 0 Å². The first-order chi connectivity index (χ1) is 9.80. The van der Waals surface area contributed by atoms with Crippen molar-refractivity contribution < 1.29 is 9.47 Å². The Morgan fingerprint density at radius 1 is 1.25 bits per heavy atom. The fourth-order valence-corrected chi connectivity index (χ4v) is 2.87. The van der Waals surface area contributed by atoms with Crippen LogP contribution in [0.5, 0.6) is 5.75 Å². The SMILES string of the molecule is CCCNC1c2cc(OC)ccc2CCC1OCCC. The summed E-state index contributed by atoms with van der Waals surface area (Å²) in [7, 11) is 1.73. The fraction of sp³-hybridized carbons (Fsp3) is 0.647. The van der Waals surface area contributed by atoms with Crippen LogP contribution in [0.4, 0.5) is 0 Å². The van der Waals surface area contributed by atoms with E-state index in [1.165, 1.54) is 11.1 Å². The lowest BCUT2D eigenvalue weighted by molar-refractivity contribution is 0.0159. The molecule has 1 aromatic rings. The molecule has 1 aliphatic rings. The molecule has 0 fully saturated rings. The van der Waals surface area contributed by atoms with Gasteiger partial charge in [0.15, 0.2) is 0 Å². The number of hydrogen-bond donors (Lipinski definition) is 1. The van der Waals surface area contributed by atoms with Gasteiger partial charge in [0, 0.05) is 6.61 Å². The van der Waals surface area contributed by atoms with Crippen LogP contribution in [-0.2, 0) is 11.2 Å². The molecule has 0 aliphatic heterocycles. The molecule has 0 saturated carbocycles. The summed E-state index contributed by atoms with van der Waals surface area (Å²) in [5.74, 6) is 0.934. The average molecular weight is 277 g/mol. The maximum atomic E-state index is 6.07. The molecule has 3 heteroatoms. The van der Waals surface area contributed by atoms with E-state index >= 15 is 0 Å². The van der Waals surface area contributed by atoms with Gasteiger partial charge in [0.1, 0.15) is 5.75 Å². The molecule has 1 aliphatic carbocycles. The van der Waals surface area contributed by atoms with Crippen molar-refractivity contribution in [3.05, 3.63) is 29.3 Å². The van der Waals surface area contributed by atoms with Crippen molar-refractivity contribution in [2.24, 2.45) is 0 Å². The molecule has 2 atom stereocenters. The van der Waals surface area contributed by atoms with Crippen LogP contribution in [0.1, 0.15) is 50.3 Å². The number of benzene rings is 1. The van der Waals surface area contributed by atoms with E-state index in [1.807, 2.05) is 0 Å². The lowest BCUT2D eigenvalue weighted by atomic mass is 9.85. The number of fused-ring (bicyclic) bond motifs is 1. The van der Waals surface area contributed by atoms with E-state index in [1.54, 1.807) is 7.11 Å². The van der Waals surface area contributed by atoms with Gasteiger partial charge >= 0.3 is 0 Å². The van der Waals surface area contributed by atoms with Crippen LogP contribution in [0.2, 0.25) is 0 Å². The van der Waals surface area contributed by atoms with Crippen LogP contribution in [0.25, 0.3) is 0 Å². The Morgan fingerprint density at radius 2 is 2.10 bits per heavy atom. The summed E-state index contributed by atoms with van der Waals surface area (Å²) in [5.41, 5.74) is 2.78. The van der Waals surface area contributed by atoms with Crippen molar-refractivity contribution in [3.63, 3.8) is 0 Å².